The van der Waals surface area contributed by atoms with Crippen LogP contribution in [0.3, 0.4) is 0 Å². The molecule has 1 aliphatic carbocycles. The highest BCUT2D eigenvalue weighted by Crippen LogP contribution is 2.51. The molecule has 152 valence electrons. The summed E-state index contributed by atoms with van der Waals surface area (Å²) in [5, 5.41) is 2.55. The highest BCUT2D eigenvalue weighted by molar-refractivity contribution is 6.65. The van der Waals surface area contributed by atoms with Crippen LogP contribution in [0.4, 0.5) is 0 Å². The van der Waals surface area contributed by atoms with Gasteiger partial charge in [-0.15, -0.1) is 0 Å². The van der Waals surface area contributed by atoms with Gasteiger partial charge in [-0.05, 0) is 77.3 Å². The van der Waals surface area contributed by atoms with Crippen LogP contribution < -0.4 is 5.46 Å². The first-order valence-electron chi connectivity index (χ1n) is 11.0. The molecule has 2 nitrogen and oxygen atoms in total. The highest BCUT2D eigenvalue weighted by Gasteiger charge is 2.52. The molecule has 0 saturated carbocycles. The van der Waals surface area contributed by atoms with E-state index in [1.54, 1.807) is 0 Å². The molecule has 0 N–H and O–H groups in total. The molecule has 1 fully saturated rings. The van der Waals surface area contributed by atoms with E-state index < -0.39 is 0 Å². The van der Waals surface area contributed by atoms with E-state index in [0.717, 1.165) is 5.46 Å². The number of rotatable bonds is 2. The van der Waals surface area contributed by atoms with Gasteiger partial charge in [0.05, 0.1) is 11.2 Å². The molecule has 1 saturated heterocycles. The lowest BCUT2D eigenvalue weighted by molar-refractivity contribution is 0.00578. The first-order valence-corrected chi connectivity index (χ1v) is 11.0. The van der Waals surface area contributed by atoms with Gasteiger partial charge in [-0.3, -0.25) is 0 Å². The summed E-state index contributed by atoms with van der Waals surface area (Å²) in [5.41, 5.74) is 7.99. The number of hydrogen-bond acceptors (Lipinski definition) is 2. The van der Waals surface area contributed by atoms with Crippen LogP contribution in [0.5, 0.6) is 0 Å². The Morgan fingerprint density at radius 3 is 1.97 bits per heavy atom. The quantitative estimate of drug-likeness (QED) is 0.315. The second-order valence-electron chi connectivity index (χ2n) is 9.62. The van der Waals surface area contributed by atoms with Crippen LogP contribution in [-0.2, 0) is 9.31 Å². The van der Waals surface area contributed by atoms with Crippen LogP contribution in [0.1, 0.15) is 27.7 Å². The summed E-state index contributed by atoms with van der Waals surface area (Å²) in [6, 6.07) is 28.3. The molecule has 0 spiro atoms. The maximum atomic E-state index is 6.47. The third-order valence-electron chi connectivity index (χ3n) is 7.27. The summed E-state index contributed by atoms with van der Waals surface area (Å²) >= 11 is 0. The average molecular weight is 404 g/mol. The maximum Gasteiger partial charge on any atom is 0.495 e. The maximum absolute atomic E-state index is 6.47. The third-order valence-corrected chi connectivity index (χ3v) is 7.27. The van der Waals surface area contributed by atoms with Gasteiger partial charge in [-0.1, -0.05) is 78.9 Å². The highest BCUT2D eigenvalue weighted by atomic mass is 16.7. The van der Waals surface area contributed by atoms with E-state index in [1.165, 1.54) is 44.2 Å². The first-order chi connectivity index (χ1) is 14.9. The minimum absolute atomic E-state index is 0.369. The summed E-state index contributed by atoms with van der Waals surface area (Å²) in [7, 11) is -0.385. The lowest BCUT2D eigenvalue weighted by atomic mass is 9.74. The van der Waals surface area contributed by atoms with Crippen molar-refractivity contribution in [1.29, 1.82) is 0 Å². The van der Waals surface area contributed by atoms with Crippen molar-refractivity contribution in [2.45, 2.75) is 38.9 Å². The van der Waals surface area contributed by atoms with Gasteiger partial charge in [-0.25, -0.2) is 0 Å². The molecular formula is C28H25BO2. The summed E-state index contributed by atoms with van der Waals surface area (Å²) in [6.45, 7) is 8.45. The Bertz CT molecular complexity index is 1320. The fourth-order valence-corrected chi connectivity index (χ4v) is 4.97. The van der Waals surface area contributed by atoms with Crippen molar-refractivity contribution in [3.63, 3.8) is 0 Å². The number of benzene rings is 4. The largest absolute Gasteiger partial charge is 0.495 e. The van der Waals surface area contributed by atoms with E-state index in [4.69, 9.17) is 9.31 Å². The van der Waals surface area contributed by atoms with Crippen LogP contribution in [-0.4, -0.2) is 18.3 Å². The molecule has 2 aliphatic rings. The van der Waals surface area contributed by atoms with Crippen LogP contribution in [0.2, 0.25) is 0 Å². The van der Waals surface area contributed by atoms with Gasteiger partial charge in [0.15, 0.2) is 0 Å². The van der Waals surface area contributed by atoms with Crippen molar-refractivity contribution in [2.75, 3.05) is 0 Å². The van der Waals surface area contributed by atoms with Gasteiger partial charge in [0, 0.05) is 0 Å². The monoisotopic (exact) mass is 404 g/mol. The van der Waals surface area contributed by atoms with Crippen LogP contribution >= 0.6 is 0 Å². The third kappa shape index (κ3) is 2.60. The molecule has 6 rings (SSSR count). The van der Waals surface area contributed by atoms with E-state index in [1.807, 2.05) is 0 Å². The predicted molar refractivity (Wildman–Crippen MR) is 130 cm³/mol. The zero-order valence-corrected chi connectivity index (χ0v) is 18.4. The Morgan fingerprint density at radius 1 is 0.581 bits per heavy atom. The Balaban J connectivity index is 1.63. The van der Waals surface area contributed by atoms with Gasteiger partial charge >= 0.3 is 7.12 Å². The second-order valence-corrected chi connectivity index (χ2v) is 9.62. The van der Waals surface area contributed by atoms with Crippen LogP contribution in [0.15, 0.2) is 78.9 Å². The van der Waals surface area contributed by atoms with Crippen molar-refractivity contribution in [2.24, 2.45) is 0 Å². The fourth-order valence-electron chi connectivity index (χ4n) is 4.97. The lowest BCUT2D eigenvalue weighted by Gasteiger charge is -2.32. The SMILES string of the molecule is CC1(C)OB(c2ccc3cccc4c3c2-c2cccc(-c3ccccc3)c2-4)OC1(C)C. The molecule has 3 heteroatoms. The number of hydrogen-bond donors (Lipinski definition) is 0. The van der Waals surface area contributed by atoms with Gasteiger partial charge < -0.3 is 9.31 Å². The molecular weight excluding hydrogens is 379 g/mol. The van der Waals surface area contributed by atoms with E-state index in [9.17, 15) is 0 Å². The van der Waals surface area contributed by atoms with Crippen molar-refractivity contribution < 1.29 is 9.31 Å². The van der Waals surface area contributed by atoms with Crippen LogP contribution in [0.25, 0.3) is 44.2 Å². The Kier molecular flexibility index (Phi) is 3.84. The summed E-state index contributed by atoms with van der Waals surface area (Å²) < 4.78 is 12.9. The zero-order chi connectivity index (χ0) is 21.4. The van der Waals surface area contributed by atoms with E-state index >= 15 is 0 Å². The minimum Gasteiger partial charge on any atom is -0.399 e. The fraction of sp³-hybridized carbons (Fsp3) is 0.214. The topological polar surface area (TPSA) is 18.5 Å². The summed E-state index contributed by atoms with van der Waals surface area (Å²) in [6.07, 6.45) is 0. The normalized spacial score (nSPS) is 17.9. The van der Waals surface area contributed by atoms with Gasteiger partial charge in [-0.2, -0.15) is 0 Å². The molecule has 1 aliphatic heterocycles. The Hall–Kier alpha value is -2.88. The molecule has 0 radical (unpaired) electrons. The molecule has 0 atom stereocenters. The molecule has 4 aromatic rings. The van der Waals surface area contributed by atoms with E-state index in [0.29, 0.717) is 0 Å². The predicted octanol–water partition coefficient (Wildman–Crippen LogP) is 6.45. The molecule has 0 amide bonds. The second kappa shape index (κ2) is 6.32. The Labute approximate surface area is 184 Å². The molecule has 0 bridgehead atoms. The summed E-state index contributed by atoms with van der Waals surface area (Å²) in [5.74, 6) is 0. The van der Waals surface area contributed by atoms with E-state index in [2.05, 4.69) is 107 Å². The van der Waals surface area contributed by atoms with Crippen molar-refractivity contribution in [1.82, 2.24) is 0 Å². The van der Waals surface area contributed by atoms with Gasteiger partial charge in [0.25, 0.3) is 0 Å². The van der Waals surface area contributed by atoms with Gasteiger partial charge in [0.1, 0.15) is 0 Å². The first kappa shape index (κ1) is 18.9. The summed E-state index contributed by atoms with van der Waals surface area (Å²) in [4.78, 5) is 0. The van der Waals surface area contributed by atoms with Crippen molar-refractivity contribution in [3.05, 3.63) is 78.9 Å². The van der Waals surface area contributed by atoms with Crippen LogP contribution in [0, 0.1) is 0 Å². The van der Waals surface area contributed by atoms with E-state index in [-0.39, 0.29) is 18.3 Å². The lowest BCUT2D eigenvalue weighted by Crippen LogP contribution is -2.41. The smallest absolute Gasteiger partial charge is 0.399 e. The zero-order valence-electron chi connectivity index (χ0n) is 18.4. The molecule has 0 aromatic heterocycles. The standard InChI is InChI=1S/C28H25BO2/c1-27(2)28(3,4)31-29(30-27)23-17-16-19-12-8-14-21-24(19)26(23)22-15-9-13-20(25(21)22)18-10-6-5-7-11-18/h5-17H,1-4H3. The average Bonchev–Trinajstić information content (AvgIpc) is 3.21. The molecule has 0 unspecified atom stereocenters. The number of fused-ring (bicyclic) bond motifs is 3. The molecule has 31 heavy (non-hydrogen) atoms. The molecule has 1 heterocycles. The molecule has 4 aromatic carbocycles. The van der Waals surface area contributed by atoms with Crippen molar-refractivity contribution >= 4 is 23.4 Å². The Morgan fingerprint density at radius 2 is 1.23 bits per heavy atom. The van der Waals surface area contributed by atoms with Gasteiger partial charge in [0.2, 0.25) is 0 Å². The minimum atomic E-state index is -0.385. The van der Waals surface area contributed by atoms with Crippen molar-refractivity contribution in [3.8, 4) is 33.4 Å².